The van der Waals surface area contributed by atoms with E-state index in [-0.39, 0.29) is 5.76 Å². The predicted molar refractivity (Wildman–Crippen MR) is 106 cm³/mol. The molecule has 0 bridgehead atoms. The molecule has 0 saturated carbocycles. The zero-order valence-electron chi connectivity index (χ0n) is 16.5. The van der Waals surface area contributed by atoms with E-state index in [1.54, 1.807) is 0 Å². The average molecular weight is 468 g/mol. The van der Waals surface area contributed by atoms with Crippen LogP contribution in [-0.2, 0) is 21.9 Å². The third kappa shape index (κ3) is 5.13. The van der Waals surface area contributed by atoms with E-state index in [9.17, 15) is 35.9 Å². The van der Waals surface area contributed by atoms with Crippen LogP contribution in [0.3, 0.4) is 0 Å². The first-order valence-electron chi connectivity index (χ1n) is 9.16. The summed E-state index contributed by atoms with van der Waals surface area (Å²) in [6.45, 7) is 3.06. The molecule has 1 atom stereocenters. The van der Waals surface area contributed by atoms with Crippen molar-refractivity contribution in [3.8, 4) is 0 Å². The van der Waals surface area contributed by atoms with Crippen molar-refractivity contribution in [2.45, 2.75) is 18.3 Å². The second-order valence-electron chi connectivity index (χ2n) is 6.71. The van der Waals surface area contributed by atoms with Crippen molar-refractivity contribution in [2.24, 2.45) is 4.99 Å². The van der Waals surface area contributed by atoms with Crippen LogP contribution in [0.5, 0.6) is 0 Å². The normalized spacial score (nSPS) is 12.8. The molecule has 0 fully saturated rings. The number of hydrogen-bond donors (Lipinski definition) is 0. The maximum atomic E-state index is 13.5. The largest absolute Gasteiger partial charge is 0.468 e. The van der Waals surface area contributed by atoms with E-state index in [2.05, 4.69) is 11.7 Å². The fourth-order valence-corrected chi connectivity index (χ4v) is 3.07. The Kier molecular flexibility index (Phi) is 6.43. The van der Waals surface area contributed by atoms with Crippen LogP contribution in [0.4, 0.5) is 37.7 Å². The summed E-state index contributed by atoms with van der Waals surface area (Å²) in [5, 5.41) is 0. The standard InChI is InChI=1S/C22H14F6N2O3/c1-29-19(31)18(17-9-4-10-33-17)20(32)30(15-7-2-5-13(11-15)21(23,24)25)16-8-3-6-14(12-16)22(26,27)28/h2-12,18H,1H2. The minimum Gasteiger partial charge on any atom is -0.468 e. The van der Waals surface area contributed by atoms with Crippen molar-refractivity contribution < 1.29 is 40.3 Å². The first kappa shape index (κ1) is 23.8. The molecule has 3 rings (SSSR count). The molecule has 3 aromatic rings. The van der Waals surface area contributed by atoms with Gasteiger partial charge in [0.25, 0.3) is 11.8 Å². The van der Waals surface area contributed by atoms with Crippen LogP contribution in [0, 0.1) is 0 Å². The fraction of sp³-hybridized carbons (Fsp3) is 0.136. The Bertz CT molecular complexity index is 1110. The number of carbonyl (C=O) groups excluding carboxylic acids is 2. The van der Waals surface area contributed by atoms with E-state index in [4.69, 9.17) is 4.42 Å². The van der Waals surface area contributed by atoms with Crippen molar-refractivity contribution in [3.63, 3.8) is 0 Å². The minimum absolute atomic E-state index is 0.207. The Morgan fingerprint density at radius 2 is 1.36 bits per heavy atom. The van der Waals surface area contributed by atoms with Gasteiger partial charge in [0.2, 0.25) is 0 Å². The van der Waals surface area contributed by atoms with Crippen LogP contribution in [0.15, 0.2) is 76.3 Å². The van der Waals surface area contributed by atoms with Crippen molar-refractivity contribution in [2.75, 3.05) is 4.90 Å². The van der Waals surface area contributed by atoms with Crippen molar-refractivity contribution >= 4 is 29.9 Å². The third-order valence-electron chi connectivity index (χ3n) is 4.56. The van der Waals surface area contributed by atoms with Crippen LogP contribution in [0.2, 0.25) is 0 Å². The predicted octanol–water partition coefficient (Wildman–Crippen LogP) is 5.99. The zero-order chi connectivity index (χ0) is 24.4. The van der Waals surface area contributed by atoms with E-state index in [1.807, 2.05) is 0 Å². The number of amides is 2. The van der Waals surface area contributed by atoms with Gasteiger partial charge in [0.15, 0.2) is 5.92 Å². The molecule has 0 saturated heterocycles. The lowest BCUT2D eigenvalue weighted by Gasteiger charge is -2.27. The maximum absolute atomic E-state index is 13.5. The second kappa shape index (κ2) is 8.93. The zero-order valence-corrected chi connectivity index (χ0v) is 16.5. The molecule has 0 aliphatic carbocycles. The number of aliphatic imine (C=N–C) groups is 1. The molecule has 11 heteroatoms. The Morgan fingerprint density at radius 1 is 0.848 bits per heavy atom. The Morgan fingerprint density at radius 3 is 1.76 bits per heavy atom. The Labute approximate surface area is 183 Å². The van der Waals surface area contributed by atoms with Crippen LogP contribution in [-0.4, -0.2) is 18.5 Å². The van der Waals surface area contributed by atoms with Gasteiger partial charge in [-0.25, -0.2) is 4.99 Å². The van der Waals surface area contributed by atoms with Gasteiger partial charge >= 0.3 is 12.4 Å². The molecule has 0 spiro atoms. The van der Waals surface area contributed by atoms with Crippen LogP contribution < -0.4 is 4.90 Å². The number of rotatable bonds is 5. The quantitative estimate of drug-likeness (QED) is 0.262. The summed E-state index contributed by atoms with van der Waals surface area (Å²) in [5.41, 5.74) is -3.12. The van der Waals surface area contributed by atoms with Gasteiger partial charge in [-0.2, -0.15) is 26.3 Å². The molecule has 172 valence electrons. The second-order valence-corrected chi connectivity index (χ2v) is 6.71. The van der Waals surface area contributed by atoms with E-state index in [0.717, 1.165) is 42.7 Å². The number of benzene rings is 2. The van der Waals surface area contributed by atoms with Crippen molar-refractivity contribution in [3.05, 3.63) is 83.8 Å². The van der Waals surface area contributed by atoms with E-state index in [1.165, 1.54) is 12.1 Å². The highest BCUT2D eigenvalue weighted by Crippen LogP contribution is 2.38. The van der Waals surface area contributed by atoms with Crippen molar-refractivity contribution in [1.29, 1.82) is 0 Å². The number of carbonyl (C=O) groups is 2. The van der Waals surface area contributed by atoms with Crippen LogP contribution in [0.25, 0.3) is 0 Å². The van der Waals surface area contributed by atoms with E-state index < -0.39 is 52.6 Å². The lowest BCUT2D eigenvalue weighted by atomic mass is 10.0. The molecule has 0 aliphatic rings. The third-order valence-corrected chi connectivity index (χ3v) is 4.56. The van der Waals surface area contributed by atoms with Crippen LogP contribution >= 0.6 is 0 Å². The summed E-state index contributed by atoms with van der Waals surface area (Å²) in [6, 6.07) is 9.41. The average Bonchev–Trinajstić information content (AvgIpc) is 3.27. The summed E-state index contributed by atoms with van der Waals surface area (Å²) < 4.78 is 84.8. The molecular weight excluding hydrogens is 454 g/mol. The Balaban J connectivity index is 2.23. The van der Waals surface area contributed by atoms with Crippen LogP contribution in [0.1, 0.15) is 22.8 Å². The smallest absolute Gasteiger partial charge is 0.416 e. The first-order valence-corrected chi connectivity index (χ1v) is 9.16. The lowest BCUT2D eigenvalue weighted by Crippen LogP contribution is -2.35. The minimum atomic E-state index is -4.79. The summed E-state index contributed by atoms with van der Waals surface area (Å²) in [5.74, 6) is -4.28. The summed E-state index contributed by atoms with van der Waals surface area (Å²) in [4.78, 5) is 29.6. The molecule has 5 nitrogen and oxygen atoms in total. The number of anilines is 2. The van der Waals surface area contributed by atoms with Gasteiger partial charge in [-0.05, 0) is 55.2 Å². The molecule has 0 N–H and O–H groups in total. The molecule has 0 radical (unpaired) electrons. The van der Waals surface area contributed by atoms with Gasteiger partial charge in [0.05, 0.1) is 17.4 Å². The number of furan rings is 1. The van der Waals surface area contributed by atoms with E-state index in [0.29, 0.717) is 17.0 Å². The van der Waals surface area contributed by atoms with E-state index >= 15 is 0 Å². The molecule has 1 heterocycles. The number of nitrogens with zero attached hydrogens (tertiary/aromatic N) is 2. The molecule has 2 amide bonds. The topological polar surface area (TPSA) is 62.9 Å². The monoisotopic (exact) mass is 468 g/mol. The molecule has 0 aliphatic heterocycles. The van der Waals surface area contributed by atoms with Gasteiger partial charge in [0.1, 0.15) is 5.76 Å². The molecule has 33 heavy (non-hydrogen) atoms. The lowest BCUT2D eigenvalue weighted by molar-refractivity contribution is -0.138. The number of halogens is 6. The van der Waals surface area contributed by atoms with Gasteiger partial charge in [0, 0.05) is 11.4 Å². The summed E-state index contributed by atoms with van der Waals surface area (Å²) >= 11 is 0. The van der Waals surface area contributed by atoms with Gasteiger partial charge in [-0.1, -0.05) is 12.1 Å². The van der Waals surface area contributed by atoms with Crippen molar-refractivity contribution in [1.82, 2.24) is 0 Å². The van der Waals surface area contributed by atoms with Gasteiger partial charge in [-0.15, -0.1) is 0 Å². The Hall–Kier alpha value is -3.89. The number of hydrogen-bond acceptors (Lipinski definition) is 3. The number of alkyl halides is 6. The fourth-order valence-electron chi connectivity index (χ4n) is 3.07. The first-order chi connectivity index (χ1) is 15.4. The molecule has 1 unspecified atom stereocenters. The SMILES string of the molecule is C=NC(=O)C(C(=O)N(c1cccc(C(F)(F)F)c1)c1cccc(C(F)(F)F)c1)c1ccco1. The highest BCUT2D eigenvalue weighted by atomic mass is 19.4. The summed E-state index contributed by atoms with van der Waals surface area (Å²) in [7, 11) is 0. The summed E-state index contributed by atoms with van der Waals surface area (Å²) in [6.07, 6.45) is -8.44. The molecule has 2 aromatic carbocycles. The highest BCUT2D eigenvalue weighted by Gasteiger charge is 2.38. The van der Waals surface area contributed by atoms with Gasteiger partial charge in [-0.3, -0.25) is 14.5 Å². The molecule has 1 aromatic heterocycles. The highest BCUT2D eigenvalue weighted by molar-refractivity contribution is 6.15. The van der Waals surface area contributed by atoms with Gasteiger partial charge < -0.3 is 4.42 Å². The molecular formula is C22H14F6N2O3. The maximum Gasteiger partial charge on any atom is 0.416 e.